The van der Waals surface area contributed by atoms with E-state index in [-0.39, 0.29) is 12.0 Å². The molecule has 25 heavy (non-hydrogen) atoms. The van der Waals surface area contributed by atoms with Crippen molar-refractivity contribution in [1.82, 2.24) is 19.7 Å². The van der Waals surface area contributed by atoms with Crippen LogP contribution >= 0.6 is 0 Å². The first kappa shape index (κ1) is 15.8. The second-order valence-corrected chi connectivity index (χ2v) is 6.32. The molecular formula is C18H20N4O3. The highest BCUT2D eigenvalue weighted by Crippen LogP contribution is 2.23. The van der Waals surface area contributed by atoms with Crippen LogP contribution in [0.3, 0.4) is 0 Å². The summed E-state index contributed by atoms with van der Waals surface area (Å²) in [7, 11) is 0. The van der Waals surface area contributed by atoms with E-state index in [4.69, 9.17) is 9.15 Å². The van der Waals surface area contributed by atoms with Crippen LogP contribution < -0.4 is 0 Å². The maximum absolute atomic E-state index is 12.8. The minimum atomic E-state index is -0.359. The maximum Gasteiger partial charge on any atom is 0.246 e. The number of para-hydroxylation sites is 1. The van der Waals surface area contributed by atoms with Gasteiger partial charge in [-0.3, -0.25) is 4.79 Å². The Kier molecular flexibility index (Phi) is 4.01. The van der Waals surface area contributed by atoms with Crippen molar-refractivity contribution in [3.8, 4) is 0 Å². The number of carbonyl (C=O) groups excluding carboxylic acids is 1. The first-order chi connectivity index (χ1) is 12.1. The Balaban J connectivity index is 1.50. The van der Waals surface area contributed by atoms with Gasteiger partial charge in [-0.15, -0.1) is 10.2 Å². The van der Waals surface area contributed by atoms with Gasteiger partial charge in [0.25, 0.3) is 0 Å². The van der Waals surface area contributed by atoms with Gasteiger partial charge in [0.15, 0.2) is 6.10 Å². The van der Waals surface area contributed by atoms with E-state index >= 15 is 0 Å². The number of aromatic nitrogens is 3. The summed E-state index contributed by atoms with van der Waals surface area (Å²) in [5.41, 5.74) is 2.25. The maximum atomic E-state index is 12.8. The Hall–Kier alpha value is -2.67. The van der Waals surface area contributed by atoms with E-state index < -0.39 is 0 Å². The normalized spacial score (nSPS) is 18.0. The highest BCUT2D eigenvalue weighted by Gasteiger charge is 2.29. The third kappa shape index (κ3) is 3.02. The van der Waals surface area contributed by atoms with Gasteiger partial charge in [-0.2, -0.15) is 0 Å². The third-order valence-corrected chi connectivity index (χ3v) is 4.53. The monoisotopic (exact) mass is 340 g/mol. The van der Waals surface area contributed by atoms with Crippen molar-refractivity contribution in [2.45, 2.75) is 26.5 Å². The Morgan fingerprint density at radius 2 is 2.12 bits per heavy atom. The van der Waals surface area contributed by atoms with Crippen LogP contribution in [0.1, 0.15) is 23.4 Å². The molecule has 1 amide bonds. The van der Waals surface area contributed by atoms with Crippen LogP contribution in [-0.2, 0) is 16.1 Å². The van der Waals surface area contributed by atoms with Crippen molar-refractivity contribution in [1.29, 1.82) is 0 Å². The van der Waals surface area contributed by atoms with Gasteiger partial charge in [0.05, 0.1) is 13.2 Å². The van der Waals surface area contributed by atoms with Crippen LogP contribution in [0, 0.1) is 13.8 Å². The number of carbonyl (C=O) groups is 1. The Labute approximate surface area is 145 Å². The summed E-state index contributed by atoms with van der Waals surface area (Å²) in [5, 5.41) is 9.02. The van der Waals surface area contributed by atoms with Crippen LogP contribution in [0.15, 0.2) is 34.9 Å². The van der Waals surface area contributed by atoms with Gasteiger partial charge in [-0.1, -0.05) is 18.2 Å². The largest absolute Gasteiger partial charge is 0.423 e. The summed E-state index contributed by atoms with van der Waals surface area (Å²) in [6, 6.07) is 8.12. The molecule has 7 nitrogen and oxygen atoms in total. The van der Waals surface area contributed by atoms with Gasteiger partial charge in [0.1, 0.15) is 6.54 Å². The van der Waals surface area contributed by atoms with E-state index in [1.807, 2.05) is 29.0 Å². The van der Waals surface area contributed by atoms with E-state index in [9.17, 15) is 4.79 Å². The lowest BCUT2D eigenvalue weighted by molar-refractivity contribution is -0.140. The standard InChI is InChI=1S/C18H20N4O3/c1-12-9-22(15-6-4-3-5-14(12)15)11-17(23)21-7-8-24-16(10-21)18-20-19-13(2)25-18/h3-6,9,16H,7-8,10-11H2,1-2H3. The minimum Gasteiger partial charge on any atom is -0.423 e. The third-order valence-electron chi connectivity index (χ3n) is 4.53. The molecule has 0 saturated carbocycles. The molecule has 0 N–H and O–H groups in total. The van der Waals surface area contributed by atoms with Gasteiger partial charge in [-0.05, 0) is 18.6 Å². The van der Waals surface area contributed by atoms with E-state index in [1.54, 1.807) is 11.8 Å². The fourth-order valence-electron chi connectivity index (χ4n) is 3.27. The van der Waals surface area contributed by atoms with Gasteiger partial charge in [0, 0.05) is 30.6 Å². The zero-order chi connectivity index (χ0) is 17.4. The molecule has 1 fully saturated rings. The number of morpholine rings is 1. The lowest BCUT2D eigenvalue weighted by atomic mass is 10.2. The lowest BCUT2D eigenvalue weighted by Gasteiger charge is -2.31. The summed E-state index contributed by atoms with van der Waals surface area (Å²) in [5.74, 6) is 0.985. The fraction of sp³-hybridized carbons (Fsp3) is 0.389. The van der Waals surface area contributed by atoms with Crippen LogP contribution in [0.4, 0.5) is 0 Å². The molecule has 7 heteroatoms. The highest BCUT2D eigenvalue weighted by molar-refractivity contribution is 5.86. The number of benzene rings is 1. The Bertz CT molecular complexity index is 914. The van der Waals surface area contributed by atoms with Gasteiger partial charge in [-0.25, -0.2) is 0 Å². The second-order valence-electron chi connectivity index (χ2n) is 6.32. The molecule has 0 bridgehead atoms. The molecule has 130 valence electrons. The Morgan fingerprint density at radius 1 is 1.28 bits per heavy atom. The number of amides is 1. The molecule has 3 heterocycles. The Morgan fingerprint density at radius 3 is 2.92 bits per heavy atom. The van der Waals surface area contributed by atoms with E-state index in [0.29, 0.717) is 38.0 Å². The highest BCUT2D eigenvalue weighted by atomic mass is 16.5. The quantitative estimate of drug-likeness (QED) is 0.731. The number of aryl methyl sites for hydroxylation is 2. The molecular weight excluding hydrogens is 320 g/mol. The SMILES string of the molecule is Cc1nnc(C2CN(C(=O)Cn3cc(C)c4ccccc43)CCO2)o1. The molecule has 0 aliphatic carbocycles. The van der Waals surface area contributed by atoms with Crippen molar-refractivity contribution in [2.24, 2.45) is 0 Å². The first-order valence-electron chi connectivity index (χ1n) is 8.35. The topological polar surface area (TPSA) is 73.4 Å². The average molecular weight is 340 g/mol. The molecule has 1 aliphatic heterocycles. The summed E-state index contributed by atoms with van der Waals surface area (Å²) < 4.78 is 13.1. The summed E-state index contributed by atoms with van der Waals surface area (Å²) in [6.45, 7) is 5.57. The molecule has 1 saturated heterocycles. The zero-order valence-corrected chi connectivity index (χ0v) is 14.3. The number of hydrogen-bond acceptors (Lipinski definition) is 5. The van der Waals surface area contributed by atoms with Crippen LogP contribution in [0.5, 0.6) is 0 Å². The molecule has 2 aromatic heterocycles. The van der Waals surface area contributed by atoms with Gasteiger partial charge in [0.2, 0.25) is 17.7 Å². The second kappa shape index (κ2) is 6.33. The molecule has 0 spiro atoms. The lowest BCUT2D eigenvalue weighted by Crippen LogP contribution is -2.43. The van der Waals surface area contributed by atoms with Gasteiger partial charge >= 0.3 is 0 Å². The first-order valence-corrected chi connectivity index (χ1v) is 8.35. The van der Waals surface area contributed by atoms with E-state index in [1.165, 1.54) is 10.9 Å². The summed E-state index contributed by atoms with van der Waals surface area (Å²) in [4.78, 5) is 14.6. The van der Waals surface area contributed by atoms with E-state index in [0.717, 1.165) is 5.52 Å². The van der Waals surface area contributed by atoms with Crippen molar-refractivity contribution >= 4 is 16.8 Å². The molecule has 1 atom stereocenters. The number of hydrogen-bond donors (Lipinski definition) is 0. The molecule has 1 unspecified atom stereocenters. The summed E-state index contributed by atoms with van der Waals surface area (Å²) in [6.07, 6.45) is 1.67. The molecule has 4 rings (SSSR count). The summed E-state index contributed by atoms with van der Waals surface area (Å²) >= 11 is 0. The van der Waals surface area contributed by atoms with Crippen molar-refractivity contribution in [3.63, 3.8) is 0 Å². The average Bonchev–Trinajstić information content (AvgIpc) is 3.20. The minimum absolute atomic E-state index is 0.0605. The smallest absolute Gasteiger partial charge is 0.246 e. The number of nitrogens with zero attached hydrogens (tertiary/aromatic N) is 4. The van der Waals surface area contributed by atoms with E-state index in [2.05, 4.69) is 23.2 Å². The number of ether oxygens (including phenoxy) is 1. The zero-order valence-electron chi connectivity index (χ0n) is 14.3. The van der Waals surface area contributed by atoms with Gasteiger partial charge < -0.3 is 18.6 Å². The van der Waals surface area contributed by atoms with Crippen molar-refractivity contribution in [2.75, 3.05) is 19.7 Å². The number of fused-ring (bicyclic) bond motifs is 1. The fourth-order valence-corrected chi connectivity index (χ4v) is 3.27. The predicted molar refractivity (Wildman–Crippen MR) is 91.0 cm³/mol. The number of rotatable bonds is 3. The molecule has 1 aromatic carbocycles. The molecule has 0 radical (unpaired) electrons. The van der Waals surface area contributed by atoms with Crippen LogP contribution in [0.2, 0.25) is 0 Å². The van der Waals surface area contributed by atoms with Crippen molar-refractivity contribution in [3.05, 3.63) is 47.8 Å². The molecule has 3 aromatic rings. The van der Waals surface area contributed by atoms with Crippen LogP contribution in [0.25, 0.3) is 10.9 Å². The predicted octanol–water partition coefficient (Wildman–Crippen LogP) is 2.24. The molecule has 1 aliphatic rings. The van der Waals surface area contributed by atoms with Crippen LogP contribution in [-0.4, -0.2) is 45.3 Å². The van der Waals surface area contributed by atoms with Crippen molar-refractivity contribution < 1.29 is 13.9 Å².